The van der Waals surface area contributed by atoms with Crippen LogP contribution in [0.25, 0.3) is 10.2 Å². The van der Waals surface area contributed by atoms with Crippen LogP contribution in [0.2, 0.25) is 0 Å². The van der Waals surface area contributed by atoms with Gasteiger partial charge in [0.2, 0.25) is 0 Å². The molecule has 0 radical (unpaired) electrons. The van der Waals surface area contributed by atoms with Gasteiger partial charge >= 0.3 is 0 Å². The summed E-state index contributed by atoms with van der Waals surface area (Å²) in [4.78, 5) is 15.3. The van der Waals surface area contributed by atoms with Crippen LogP contribution >= 0.6 is 23.6 Å². The average Bonchev–Trinajstić information content (AvgIpc) is 2.72. The van der Waals surface area contributed by atoms with Crippen LogP contribution in [0.5, 0.6) is 0 Å². The van der Waals surface area contributed by atoms with E-state index in [4.69, 9.17) is 17.0 Å². The van der Waals surface area contributed by atoms with E-state index in [9.17, 15) is 4.79 Å². The van der Waals surface area contributed by atoms with E-state index in [1.807, 2.05) is 18.4 Å². The standard InChI is InChI=1S/C11H14N2O2S2/c1-7(6-15-2)5-13-10(14)9-8(3-4-17-9)12-11(13)16/h3-4,7H,5-6H2,1-2H3,(H,12,16). The lowest BCUT2D eigenvalue weighted by Gasteiger charge is -2.12. The van der Waals surface area contributed by atoms with E-state index in [0.717, 1.165) is 10.2 Å². The number of nitrogens with zero attached hydrogens (tertiary/aromatic N) is 1. The van der Waals surface area contributed by atoms with E-state index >= 15 is 0 Å². The molecule has 0 saturated carbocycles. The van der Waals surface area contributed by atoms with E-state index in [0.29, 0.717) is 17.9 Å². The van der Waals surface area contributed by atoms with Crippen LogP contribution in [0.1, 0.15) is 6.92 Å². The number of hydrogen-bond donors (Lipinski definition) is 1. The Morgan fingerprint density at radius 2 is 2.41 bits per heavy atom. The van der Waals surface area contributed by atoms with Gasteiger partial charge in [0.15, 0.2) is 4.77 Å². The Labute approximate surface area is 108 Å². The molecule has 0 spiro atoms. The Hall–Kier alpha value is -0.980. The van der Waals surface area contributed by atoms with Gasteiger partial charge < -0.3 is 9.72 Å². The topological polar surface area (TPSA) is 47.0 Å². The van der Waals surface area contributed by atoms with E-state index < -0.39 is 0 Å². The average molecular weight is 270 g/mol. The maximum Gasteiger partial charge on any atom is 0.272 e. The van der Waals surface area contributed by atoms with Crippen molar-refractivity contribution in [3.8, 4) is 0 Å². The van der Waals surface area contributed by atoms with Crippen molar-refractivity contribution in [2.45, 2.75) is 13.5 Å². The fraction of sp³-hybridized carbons (Fsp3) is 0.455. The molecule has 0 aliphatic carbocycles. The van der Waals surface area contributed by atoms with Gasteiger partial charge in [-0.2, -0.15) is 0 Å². The zero-order valence-electron chi connectivity index (χ0n) is 9.73. The number of nitrogens with one attached hydrogen (secondary N) is 1. The number of aromatic amines is 1. The van der Waals surface area contributed by atoms with Crippen LogP contribution in [0.3, 0.4) is 0 Å². The number of H-pyrrole nitrogens is 1. The first kappa shape index (κ1) is 12.5. The highest BCUT2D eigenvalue weighted by Crippen LogP contribution is 2.14. The van der Waals surface area contributed by atoms with Crippen molar-refractivity contribution in [2.24, 2.45) is 5.92 Å². The maximum atomic E-state index is 12.2. The number of rotatable bonds is 4. The van der Waals surface area contributed by atoms with E-state index in [-0.39, 0.29) is 11.5 Å². The number of fused-ring (bicyclic) bond motifs is 1. The number of thiophene rings is 1. The largest absolute Gasteiger partial charge is 0.384 e. The molecule has 0 bridgehead atoms. The number of methoxy groups -OCH3 is 1. The first-order valence-electron chi connectivity index (χ1n) is 5.32. The molecule has 2 aromatic heterocycles. The third kappa shape index (κ3) is 2.48. The molecule has 2 heterocycles. The fourth-order valence-corrected chi connectivity index (χ4v) is 2.85. The normalized spacial score (nSPS) is 13.1. The lowest BCUT2D eigenvalue weighted by atomic mass is 10.2. The van der Waals surface area contributed by atoms with Crippen molar-refractivity contribution in [3.05, 3.63) is 26.6 Å². The minimum absolute atomic E-state index is 0.0123. The van der Waals surface area contributed by atoms with Gasteiger partial charge in [-0.1, -0.05) is 6.92 Å². The molecule has 2 aromatic rings. The smallest absolute Gasteiger partial charge is 0.272 e. The zero-order valence-corrected chi connectivity index (χ0v) is 11.4. The number of aromatic nitrogens is 2. The summed E-state index contributed by atoms with van der Waals surface area (Å²) in [6.45, 7) is 3.23. The highest BCUT2D eigenvalue weighted by Gasteiger charge is 2.09. The summed E-state index contributed by atoms with van der Waals surface area (Å²) in [6.07, 6.45) is 0. The van der Waals surface area contributed by atoms with Gasteiger partial charge in [0, 0.05) is 13.7 Å². The quantitative estimate of drug-likeness (QED) is 0.868. The molecule has 0 fully saturated rings. The summed E-state index contributed by atoms with van der Waals surface area (Å²) in [7, 11) is 1.66. The molecular weight excluding hydrogens is 256 g/mol. The number of ether oxygens (including phenoxy) is 1. The van der Waals surface area contributed by atoms with Crippen LogP contribution in [-0.4, -0.2) is 23.3 Å². The second-order valence-electron chi connectivity index (χ2n) is 4.07. The Bertz CT molecular complexity index is 626. The predicted octanol–water partition coefficient (Wildman–Crippen LogP) is 2.40. The molecule has 4 nitrogen and oxygen atoms in total. The molecule has 1 N–H and O–H groups in total. The van der Waals surface area contributed by atoms with Gasteiger partial charge in [0.05, 0.1) is 12.1 Å². The molecular formula is C11H14N2O2S2. The summed E-state index contributed by atoms with van der Waals surface area (Å²) in [5.74, 6) is 0.255. The molecule has 6 heteroatoms. The Kier molecular flexibility index (Phi) is 3.76. The summed E-state index contributed by atoms with van der Waals surface area (Å²) in [5.41, 5.74) is 0.808. The molecule has 17 heavy (non-hydrogen) atoms. The van der Waals surface area contributed by atoms with E-state index in [1.54, 1.807) is 11.7 Å². The van der Waals surface area contributed by atoms with Crippen molar-refractivity contribution < 1.29 is 4.74 Å². The van der Waals surface area contributed by atoms with Crippen LogP contribution < -0.4 is 5.56 Å². The third-order valence-electron chi connectivity index (χ3n) is 2.54. The van der Waals surface area contributed by atoms with Crippen LogP contribution in [0.15, 0.2) is 16.2 Å². The first-order chi connectivity index (χ1) is 8.13. The Morgan fingerprint density at radius 3 is 3.12 bits per heavy atom. The van der Waals surface area contributed by atoms with Crippen molar-refractivity contribution >= 4 is 33.8 Å². The monoisotopic (exact) mass is 270 g/mol. The highest BCUT2D eigenvalue weighted by atomic mass is 32.1. The highest BCUT2D eigenvalue weighted by molar-refractivity contribution is 7.71. The van der Waals surface area contributed by atoms with E-state index in [2.05, 4.69) is 4.98 Å². The summed E-state index contributed by atoms with van der Waals surface area (Å²) in [5, 5.41) is 1.89. The second kappa shape index (κ2) is 5.12. The molecule has 0 aliphatic rings. The Balaban J connectivity index is 2.46. The van der Waals surface area contributed by atoms with Crippen LogP contribution in [0, 0.1) is 10.7 Å². The molecule has 2 rings (SSSR count). The van der Waals surface area contributed by atoms with Gasteiger partial charge in [0.25, 0.3) is 5.56 Å². The SMILES string of the molecule is COCC(C)Cn1c(=S)[nH]c2ccsc2c1=O. The van der Waals surface area contributed by atoms with Crippen molar-refractivity contribution in [3.63, 3.8) is 0 Å². The molecule has 0 aliphatic heterocycles. The third-order valence-corrected chi connectivity index (χ3v) is 3.76. The zero-order chi connectivity index (χ0) is 12.4. The van der Waals surface area contributed by atoms with Crippen molar-refractivity contribution in [1.82, 2.24) is 9.55 Å². The molecule has 92 valence electrons. The molecule has 1 unspecified atom stereocenters. The summed E-state index contributed by atoms with van der Waals surface area (Å²) >= 11 is 6.64. The number of hydrogen-bond acceptors (Lipinski definition) is 4. The predicted molar refractivity (Wildman–Crippen MR) is 72.3 cm³/mol. The minimum Gasteiger partial charge on any atom is -0.384 e. The lowest BCUT2D eigenvalue weighted by molar-refractivity contribution is 0.150. The summed E-state index contributed by atoms with van der Waals surface area (Å²) < 4.78 is 7.88. The Morgan fingerprint density at radius 1 is 1.65 bits per heavy atom. The summed E-state index contributed by atoms with van der Waals surface area (Å²) in [6, 6.07) is 1.88. The first-order valence-corrected chi connectivity index (χ1v) is 6.61. The fourth-order valence-electron chi connectivity index (χ4n) is 1.79. The maximum absolute atomic E-state index is 12.2. The van der Waals surface area contributed by atoms with Gasteiger partial charge in [0.1, 0.15) is 4.70 Å². The minimum atomic E-state index is -0.0123. The molecule has 0 amide bonds. The van der Waals surface area contributed by atoms with Crippen LogP contribution in [0.4, 0.5) is 0 Å². The molecule has 0 saturated heterocycles. The van der Waals surface area contributed by atoms with E-state index in [1.165, 1.54) is 11.3 Å². The van der Waals surface area contributed by atoms with Crippen molar-refractivity contribution in [1.29, 1.82) is 0 Å². The van der Waals surface area contributed by atoms with Crippen molar-refractivity contribution in [2.75, 3.05) is 13.7 Å². The van der Waals surface area contributed by atoms with Gasteiger partial charge in [-0.3, -0.25) is 9.36 Å². The van der Waals surface area contributed by atoms with Gasteiger partial charge in [-0.05, 0) is 29.6 Å². The molecule has 1 atom stereocenters. The lowest BCUT2D eigenvalue weighted by Crippen LogP contribution is -2.25. The van der Waals surface area contributed by atoms with Gasteiger partial charge in [-0.25, -0.2) is 0 Å². The second-order valence-corrected chi connectivity index (χ2v) is 5.37. The molecule has 0 aromatic carbocycles. The van der Waals surface area contributed by atoms with Crippen LogP contribution in [-0.2, 0) is 11.3 Å². The van der Waals surface area contributed by atoms with Gasteiger partial charge in [-0.15, -0.1) is 11.3 Å².